The highest BCUT2D eigenvalue weighted by molar-refractivity contribution is 7.17. The van der Waals surface area contributed by atoms with E-state index >= 15 is 0 Å². The summed E-state index contributed by atoms with van der Waals surface area (Å²) in [6.45, 7) is 3.23. The average Bonchev–Trinajstić information content (AvgIpc) is 3.10. The van der Waals surface area contributed by atoms with Gasteiger partial charge in [-0.15, -0.1) is 11.3 Å². The lowest BCUT2D eigenvalue weighted by Gasteiger charge is -2.19. The minimum Gasteiger partial charge on any atom is -0.336 e. The van der Waals surface area contributed by atoms with E-state index in [9.17, 15) is 0 Å². The van der Waals surface area contributed by atoms with Gasteiger partial charge in [-0.2, -0.15) is 0 Å². The van der Waals surface area contributed by atoms with Gasteiger partial charge >= 0.3 is 0 Å². The molecule has 3 rings (SSSR count). The van der Waals surface area contributed by atoms with E-state index in [2.05, 4.69) is 58.5 Å². The maximum absolute atomic E-state index is 4.27. The van der Waals surface area contributed by atoms with E-state index < -0.39 is 0 Å². The summed E-state index contributed by atoms with van der Waals surface area (Å²) in [7, 11) is 2.06. The second kappa shape index (κ2) is 6.41. The van der Waals surface area contributed by atoms with Gasteiger partial charge in [-0.1, -0.05) is 25.1 Å². The highest BCUT2D eigenvalue weighted by atomic mass is 32.1. The molecule has 4 heteroatoms. The lowest BCUT2D eigenvalue weighted by molar-refractivity contribution is 0.505. The Kier molecular flexibility index (Phi) is 4.36. The van der Waals surface area contributed by atoms with E-state index in [1.54, 1.807) is 0 Å². The van der Waals surface area contributed by atoms with Crippen LogP contribution in [-0.4, -0.2) is 16.1 Å². The Balaban J connectivity index is 1.89. The first-order valence-corrected chi connectivity index (χ1v) is 8.32. The normalized spacial score (nSPS) is 12.9. The Morgan fingerprint density at radius 1 is 1.33 bits per heavy atom. The summed E-state index contributed by atoms with van der Waals surface area (Å²) in [5.74, 6) is 0. The number of hydrogen-bond donors (Lipinski definition) is 1. The standard InChI is InChI=1S/C17H21N3S/c1-3-8-19-15(16-10-18-12-20(16)2)9-13-11-21-17-7-5-4-6-14(13)17/h4-7,10-12,15,19H,3,8-9H2,1-2H3. The molecule has 0 bridgehead atoms. The van der Waals surface area contributed by atoms with Crippen molar-refractivity contribution in [3.8, 4) is 0 Å². The van der Waals surface area contributed by atoms with Crippen molar-refractivity contribution in [1.29, 1.82) is 0 Å². The van der Waals surface area contributed by atoms with E-state index in [-0.39, 0.29) is 0 Å². The number of aryl methyl sites for hydroxylation is 1. The van der Waals surface area contributed by atoms with Crippen molar-refractivity contribution in [2.24, 2.45) is 7.05 Å². The molecule has 3 aromatic rings. The third-order valence-electron chi connectivity index (χ3n) is 3.84. The van der Waals surface area contributed by atoms with E-state index in [0.717, 1.165) is 19.4 Å². The summed E-state index contributed by atoms with van der Waals surface area (Å²) < 4.78 is 3.48. The smallest absolute Gasteiger partial charge is 0.0946 e. The highest BCUT2D eigenvalue weighted by Gasteiger charge is 2.16. The molecule has 0 saturated carbocycles. The predicted molar refractivity (Wildman–Crippen MR) is 89.8 cm³/mol. The summed E-state index contributed by atoms with van der Waals surface area (Å²) in [6.07, 6.45) is 5.99. The lowest BCUT2D eigenvalue weighted by Crippen LogP contribution is -2.25. The summed E-state index contributed by atoms with van der Waals surface area (Å²) in [4.78, 5) is 4.27. The van der Waals surface area contributed by atoms with Gasteiger partial charge in [0.05, 0.1) is 18.1 Å². The van der Waals surface area contributed by atoms with Crippen LogP contribution in [-0.2, 0) is 13.5 Å². The Labute approximate surface area is 129 Å². The van der Waals surface area contributed by atoms with E-state index in [4.69, 9.17) is 0 Å². The maximum atomic E-state index is 4.27. The van der Waals surface area contributed by atoms with Crippen LogP contribution in [0.4, 0.5) is 0 Å². The molecule has 0 saturated heterocycles. The van der Waals surface area contributed by atoms with Gasteiger partial charge in [0.25, 0.3) is 0 Å². The van der Waals surface area contributed by atoms with Crippen LogP contribution in [0.15, 0.2) is 42.2 Å². The first kappa shape index (κ1) is 14.3. The van der Waals surface area contributed by atoms with E-state index in [1.165, 1.54) is 21.3 Å². The molecular weight excluding hydrogens is 278 g/mol. The number of thiophene rings is 1. The fraction of sp³-hybridized carbons (Fsp3) is 0.353. The first-order chi connectivity index (χ1) is 10.3. The molecular formula is C17H21N3S. The van der Waals surface area contributed by atoms with Crippen molar-refractivity contribution in [1.82, 2.24) is 14.9 Å². The highest BCUT2D eigenvalue weighted by Crippen LogP contribution is 2.29. The van der Waals surface area contributed by atoms with Crippen LogP contribution in [0.3, 0.4) is 0 Å². The van der Waals surface area contributed by atoms with Gasteiger partial charge in [0.1, 0.15) is 0 Å². The van der Waals surface area contributed by atoms with Crippen molar-refractivity contribution in [2.75, 3.05) is 6.54 Å². The van der Waals surface area contributed by atoms with Crippen molar-refractivity contribution in [3.05, 3.63) is 53.4 Å². The number of benzene rings is 1. The molecule has 0 aliphatic heterocycles. The zero-order chi connectivity index (χ0) is 14.7. The van der Waals surface area contributed by atoms with Crippen molar-refractivity contribution in [2.45, 2.75) is 25.8 Å². The van der Waals surface area contributed by atoms with Crippen molar-refractivity contribution < 1.29 is 0 Å². The van der Waals surface area contributed by atoms with E-state index in [0.29, 0.717) is 6.04 Å². The van der Waals surface area contributed by atoms with Gasteiger partial charge < -0.3 is 9.88 Å². The Hall–Kier alpha value is -1.65. The van der Waals surface area contributed by atoms with E-state index in [1.807, 2.05) is 23.9 Å². The SMILES string of the molecule is CCCNC(Cc1csc2ccccc12)c1cncn1C. The summed E-state index contributed by atoms with van der Waals surface area (Å²) in [5.41, 5.74) is 2.67. The van der Waals surface area contributed by atoms with Crippen LogP contribution in [0, 0.1) is 0 Å². The molecule has 2 aromatic heterocycles. The average molecular weight is 299 g/mol. The van der Waals surface area contributed by atoms with Crippen LogP contribution in [0.2, 0.25) is 0 Å². The molecule has 1 unspecified atom stereocenters. The third kappa shape index (κ3) is 3.01. The van der Waals surface area contributed by atoms with Crippen LogP contribution >= 0.6 is 11.3 Å². The monoisotopic (exact) mass is 299 g/mol. The maximum Gasteiger partial charge on any atom is 0.0946 e. The van der Waals surface area contributed by atoms with Gasteiger partial charge in [-0.05, 0) is 41.8 Å². The number of nitrogens with zero attached hydrogens (tertiary/aromatic N) is 2. The van der Waals surface area contributed by atoms with Crippen LogP contribution in [0.1, 0.15) is 30.6 Å². The zero-order valence-corrected chi connectivity index (χ0v) is 13.4. The van der Waals surface area contributed by atoms with Gasteiger partial charge in [0.2, 0.25) is 0 Å². The number of hydrogen-bond acceptors (Lipinski definition) is 3. The number of rotatable bonds is 6. The fourth-order valence-corrected chi connectivity index (χ4v) is 3.69. The molecule has 0 spiro atoms. The topological polar surface area (TPSA) is 29.9 Å². The van der Waals surface area contributed by atoms with Crippen molar-refractivity contribution >= 4 is 21.4 Å². The summed E-state index contributed by atoms with van der Waals surface area (Å²) >= 11 is 1.83. The molecule has 1 N–H and O–H groups in total. The molecule has 2 heterocycles. The van der Waals surface area contributed by atoms with Gasteiger partial charge in [-0.25, -0.2) is 4.98 Å². The molecule has 1 atom stereocenters. The molecule has 21 heavy (non-hydrogen) atoms. The van der Waals surface area contributed by atoms with Gasteiger partial charge in [0.15, 0.2) is 0 Å². The lowest BCUT2D eigenvalue weighted by atomic mass is 10.0. The van der Waals surface area contributed by atoms with Crippen LogP contribution < -0.4 is 5.32 Å². The molecule has 0 amide bonds. The first-order valence-electron chi connectivity index (χ1n) is 7.44. The second-order valence-electron chi connectivity index (χ2n) is 5.40. The summed E-state index contributed by atoms with van der Waals surface area (Å²) in [6, 6.07) is 8.97. The summed E-state index contributed by atoms with van der Waals surface area (Å²) in [5, 5.41) is 7.34. The van der Waals surface area contributed by atoms with Gasteiger partial charge in [-0.3, -0.25) is 0 Å². The molecule has 0 aliphatic rings. The van der Waals surface area contributed by atoms with Crippen LogP contribution in [0.25, 0.3) is 10.1 Å². The van der Waals surface area contributed by atoms with Gasteiger partial charge in [0, 0.05) is 17.9 Å². The third-order valence-corrected chi connectivity index (χ3v) is 4.85. The quantitative estimate of drug-likeness (QED) is 0.747. The zero-order valence-electron chi connectivity index (χ0n) is 12.5. The molecule has 0 fully saturated rings. The van der Waals surface area contributed by atoms with Crippen molar-refractivity contribution in [3.63, 3.8) is 0 Å². The van der Waals surface area contributed by atoms with Crippen LogP contribution in [0.5, 0.6) is 0 Å². The number of nitrogens with one attached hydrogen (secondary N) is 1. The Morgan fingerprint density at radius 3 is 2.95 bits per heavy atom. The fourth-order valence-electron chi connectivity index (χ4n) is 2.71. The second-order valence-corrected chi connectivity index (χ2v) is 6.31. The number of fused-ring (bicyclic) bond motifs is 1. The number of aromatic nitrogens is 2. The minimum atomic E-state index is 0.315. The molecule has 1 aromatic carbocycles. The largest absolute Gasteiger partial charge is 0.336 e. The molecule has 3 nitrogen and oxygen atoms in total. The molecule has 0 radical (unpaired) electrons. The minimum absolute atomic E-state index is 0.315. The number of imidazole rings is 1. The predicted octanol–water partition coefficient (Wildman–Crippen LogP) is 3.92. The Morgan fingerprint density at radius 2 is 2.19 bits per heavy atom. The Bertz CT molecular complexity index is 713. The molecule has 0 aliphatic carbocycles. The molecule has 110 valence electrons.